The quantitative estimate of drug-likeness (QED) is 0.320. The number of urea groups is 1. The summed E-state index contributed by atoms with van der Waals surface area (Å²) in [5.41, 5.74) is 7.96. The number of aromatic amines is 2. The number of H-pyrrole nitrogens is 2. The number of nitrogens with one attached hydrogen (secondary N) is 3. The van der Waals surface area contributed by atoms with Crippen LogP contribution >= 0.6 is 0 Å². The molecule has 0 radical (unpaired) electrons. The van der Waals surface area contributed by atoms with E-state index in [4.69, 9.17) is 0 Å². The van der Waals surface area contributed by atoms with Gasteiger partial charge in [-0.3, -0.25) is 15.1 Å². The van der Waals surface area contributed by atoms with Crippen LogP contribution in [0.15, 0.2) is 79.5 Å². The average molecular weight is 475 g/mol. The Balaban J connectivity index is 1.41. The van der Waals surface area contributed by atoms with Crippen molar-refractivity contribution in [3.8, 4) is 33.6 Å². The van der Waals surface area contributed by atoms with Crippen LogP contribution in [0, 0.1) is 0 Å². The lowest BCUT2D eigenvalue weighted by atomic mass is 10.0. The van der Waals surface area contributed by atoms with Gasteiger partial charge in [-0.15, -0.1) is 0 Å². The zero-order valence-corrected chi connectivity index (χ0v) is 19.6. The number of amides is 2. The van der Waals surface area contributed by atoms with Crippen molar-refractivity contribution < 1.29 is 4.79 Å². The van der Waals surface area contributed by atoms with Gasteiger partial charge in [-0.2, -0.15) is 5.10 Å². The summed E-state index contributed by atoms with van der Waals surface area (Å²) in [4.78, 5) is 30.0. The first-order valence-corrected chi connectivity index (χ1v) is 11.4. The van der Waals surface area contributed by atoms with Gasteiger partial charge in [0.25, 0.3) is 0 Å². The van der Waals surface area contributed by atoms with Crippen LogP contribution in [0.2, 0.25) is 0 Å². The molecular formula is C27H22N8O. The van der Waals surface area contributed by atoms with E-state index in [1.54, 1.807) is 45.1 Å². The highest BCUT2D eigenvalue weighted by atomic mass is 16.2. The molecule has 1 aromatic carbocycles. The molecule has 0 spiro atoms. The number of aromatic nitrogens is 6. The standard InChI is InChI=1S/C27H22N8O/c1-35(2)27(36)31-19-10-17(13-29-15-19)18-11-22-25(33-34-26(22)30-14-18)24-12-21-20(4-3-5-23(21)32-24)16-6-8-28-9-7-16/h3-15,32H,1-2H3,(H,31,36)(H,30,33,34). The topological polar surface area (TPSA) is 115 Å². The minimum atomic E-state index is -0.218. The molecule has 9 heteroatoms. The van der Waals surface area contributed by atoms with Crippen molar-refractivity contribution in [2.45, 2.75) is 0 Å². The number of fused-ring (bicyclic) bond motifs is 2. The van der Waals surface area contributed by atoms with Crippen molar-refractivity contribution in [3.05, 3.63) is 79.5 Å². The van der Waals surface area contributed by atoms with Crippen LogP contribution in [0.4, 0.5) is 10.5 Å². The van der Waals surface area contributed by atoms with Crippen molar-refractivity contribution in [1.29, 1.82) is 0 Å². The van der Waals surface area contributed by atoms with E-state index in [1.807, 2.05) is 30.3 Å². The van der Waals surface area contributed by atoms with E-state index < -0.39 is 0 Å². The summed E-state index contributed by atoms with van der Waals surface area (Å²) in [6.07, 6.45) is 8.72. The second-order valence-corrected chi connectivity index (χ2v) is 8.67. The number of benzene rings is 1. The summed E-state index contributed by atoms with van der Waals surface area (Å²) in [7, 11) is 3.38. The summed E-state index contributed by atoms with van der Waals surface area (Å²) in [5, 5.41) is 12.4. The Morgan fingerprint density at radius 1 is 0.889 bits per heavy atom. The Hall–Kier alpha value is -5.05. The van der Waals surface area contributed by atoms with Crippen LogP contribution in [0.3, 0.4) is 0 Å². The molecule has 36 heavy (non-hydrogen) atoms. The third-order valence-corrected chi connectivity index (χ3v) is 6.06. The molecule has 0 fully saturated rings. The van der Waals surface area contributed by atoms with Gasteiger partial charge in [-0.1, -0.05) is 12.1 Å². The minimum Gasteiger partial charge on any atom is -0.353 e. The van der Waals surface area contributed by atoms with Gasteiger partial charge >= 0.3 is 6.03 Å². The first-order valence-electron chi connectivity index (χ1n) is 11.4. The van der Waals surface area contributed by atoms with Crippen LogP contribution in [-0.2, 0) is 0 Å². The number of carbonyl (C=O) groups is 1. The fraction of sp³-hybridized carbons (Fsp3) is 0.0741. The summed E-state index contributed by atoms with van der Waals surface area (Å²) >= 11 is 0. The fourth-order valence-electron chi connectivity index (χ4n) is 4.24. The maximum Gasteiger partial charge on any atom is 0.321 e. The predicted octanol–water partition coefficient (Wildman–Crippen LogP) is 5.32. The Bertz CT molecular complexity index is 1720. The first kappa shape index (κ1) is 21.5. The van der Waals surface area contributed by atoms with Crippen LogP contribution in [-0.4, -0.2) is 55.2 Å². The predicted molar refractivity (Wildman–Crippen MR) is 140 cm³/mol. The third-order valence-electron chi connectivity index (χ3n) is 6.06. The Morgan fingerprint density at radius 2 is 1.72 bits per heavy atom. The molecule has 9 nitrogen and oxygen atoms in total. The molecule has 2 amide bonds. The van der Waals surface area contributed by atoms with E-state index in [0.29, 0.717) is 11.3 Å². The zero-order valence-electron chi connectivity index (χ0n) is 19.6. The van der Waals surface area contributed by atoms with Crippen molar-refractivity contribution >= 4 is 33.7 Å². The largest absolute Gasteiger partial charge is 0.353 e. The molecule has 0 atom stereocenters. The van der Waals surface area contributed by atoms with E-state index in [0.717, 1.165) is 49.9 Å². The van der Waals surface area contributed by atoms with Gasteiger partial charge in [0, 0.05) is 66.3 Å². The van der Waals surface area contributed by atoms with E-state index in [-0.39, 0.29) is 6.03 Å². The lowest BCUT2D eigenvalue weighted by molar-refractivity contribution is 0.230. The zero-order chi connectivity index (χ0) is 24.6. The van der Waals surface area contributed by atoms with Gasteiger partial charge in [0.1, 0.15) is 0 Å². The van der Waals surface area contributed by atoms with Gasteiger partial charge in [-0.25, -0.2) is 9.78 Å². The van der Waals surface area contributed by atoms with E-state index in [1.165, 1.54) is 4.90 Å². The summed E-state index contributed by atoms with van der Waals surface area (Å²) in [6.45, 7) is 0. The SMILES string of the molecule is CN(C)C(=O)Nc1cncc(-c2cnc3n[nH]c(-c4cc5c(-c6ccncc6)cccc5[nH]4)c3c2)c1. The summed E-state index contributed by atoms with van der Waals surface area (Å²) < 4.78 is 0. The Kier molecular flexibility index (Phi) is 5.15. The molecule has 0 saturated heterocycles. The summed E-state index contributed by atoms with van der Waals surface area (Å²) in [5.74, 6) is 0. The van der Waals surface area contributed by atoms with E-state index >= 15 is 0 Å². The fourth-order valence-corrected chi connectivity index (χ4v) is 4.24. The third kappa shape index (κ3) is 3.82. The molecular weight excluding hydrogens is 452 g/mol. The minimum absolute atomic E-state index is 0.218. The molecule has 3 N–H and O–H groups in total. The maximum atomic E-state index is 12.0. The lowest BCUT2D eigenvalue weighted by Crippen LogP contribution is -2.27. The Labute approximate surface area is 206 Å². The lowest BCUT2D eigenvalue weighted by Gasteiger charge is -2.12. The van der Waals surface area contributed by atoms with Crippen LogP contribution in [0.5, 0.6) is 0 Å². The number of hydrogen-bond donors (Lipinski definition) is 3. The smallest absolute Gasteiger partial charge is 0.321 e. The van der Waals surface area contributed by atoms with Crippen LogP contribution < -0.4 is 5.32 Å². The van der Waals surface area contributed by atoms with Gasteiger partial charge in [-0.05, 0) is 47.5 Å². The second kappa shape index (κ2) is 8.62. The normalized spacial score (nSPS) is 11.2. The number of nitrogens with zero attached hydrogens (tertiary/aromatic N) is 5. The maximum absolute atomic E-state index is 12.0. The monoisotopic (exact) mass is 474 g/mol. The highest BCUT2D eigenvalue weighted by Crippen LogP contribution is 2.34. The highest BCUT2D eigenvalue weighted by molar-refractivity contribution is 6.01. The number of carbonyl (C=O) groups excluding carboxylic acids is 1. The molecule has 0 unspecified atom stereocenters. The van der Waals surface area contributed by atoms with Crippen LogP contribution in [0.1, 0.15) is 0 Å². The molecule has 0 aliphatic carbocycles. The first-order chi connectivity index (χ1) is 17.6. The molecule has 0 aliphatic heterocycles. The molecule has 6 aromatic rings. The molecule has 176 valence electrons. The van der Waals surface area contributed by atoms with Crippen molar-refractivity contribution in [2.24, 2.45) is 0 Å². The molecule has 0 bridgehead atoms. The number of pyridine rings is 3. The second-order valence-electron chi connectivity index (χ2n) is 8.67. The number of hydrogen-bond acceptors (Lipinski definition) is 5. The molecule has 0 aliphatic rings. The van der Waals surface area contributed by atoms with Crippen molar-refractivity contribution in [1.82, 2.24) is 35.0 Å². The van der Waals surface area contributed by atoms with Gasteiger partial charge in [0.05, 0.1) is 23.3 Å². The van der Waals surface area contributed by atoms with Crippen molar-refractivity contribution in [2.75, 3.05) is 19.4 Å². The van der Waals surface area contributed by atoms with Gasteiger partial charge in [0.2, 0.25) is 0 Å². The van der Waals surface area contributed by atoms with E-state index in [9.17, 15) is 4.79 Å². The van der Waals surface area contributed by atoms with Crippen molar-refractivity contribution in [3.63, 3.8) is 0 Å². The van der Waals surface area contributed by atoms with E-state index in [2.05, 4.69) is 53.6 Å². The summed E-state index contributed by atoms with van der Waals surface area (Å²) in [6, 6.07) is 16.0. The number of anilines is 1. The molecule has 6 rings (SSSR count). The van der Waals surface area contributed by atoms with Gasteiger partial charge in [0.15, 0.2) is 5.65 Å². The Morgan fingerprint density at radius 3 is 2.56 bits per heavy atom. The molecule has 5 aromatic heterocycles. The average Bonchev–Trinajstić information content (AvgIpc) is 3.53. The van der Waals surface area contributed by atoms with Gasteiger partial charge < -0.3 is 15.2 Å². The highest BCUT2D eigenvalue weighted by Gasteiger charge is 2.15. The molecule has 0 saturated carbocycles. The molecule has 5 heterocycles. The number of rotatable bonds is 4. The van der Waals surface area contributed by atoms with Crippen LogP contribution in [0.25, 0.3) is 55.6 Å².